The fraction of sp³-hybridized carbons (Fsp3) is 0.318. The first-order valence-corrected chi connectivity index (χ1v) is 11.2. The lowest BCUT2D eigenvalue weighted by atomic mass is 10.0. The minimum absolute atomic E-state index is 0.574. The highest BCUT2D eigenvalue weighted by atomic mass is 28.3. The number of hydrogen-bond donors (Lipinski definition) is 0. The van der Waals surface area contributed by atoms with E-state index in [0.29, 0.717) is 11.1 Å². The summed E-state index contributed by atoms with van der Waals surface area (Å²) >= 11 is 0. The smallest absolute Gasteiger partial charge is 0.145 e. The summed E-state index contributed by atoms with van der Waals surface area (Å²) in [6.07, 6.45) is 0. The van der Waals surface area contributed by atoms with Crippen LogP contribution in [-0.4, -0.2) is 12.6 Å². The molecule has 0 saturated heterocycles. The van der Waals surface area contributed by atoms with Gasteiger partial charge in [0.2, 0.25) is 0 Å². The monoisotopic (exact) mass is 344 g/mol. The maximum atomic E-state index is 9.47. The van der Waals surface area contributed by atoms with Gasteiger partial charge in [0, 0.05) is 28.8 Å². The Kier molecular flexibility index (Phi) is 3.45. The number of hydrogen-bond acceptors (Lipinski definition) is 1. The summed E-state index contributed by atoms with van der Waals surface area (Å²) in [7, 11) is 0.235. The van der Waals surface area contributed by atoms with Crippen LogP contribution in [0, 0.1) is 11.3 Å². The molecule has 4 rings (SSSR count). The molecule has 0 unspecified atom stereocenters. The lowest BCUT2D eigenvalue weighted by molar-refractivity contribution is 0.906. The number of para-hydroxylation sites is 1. The highest BCUT2D eigenvalue weighted by Gasteiger charge is 2.52. The summed E-state index contributed by atoms with van der Waals surface area (Å²) in [4.78, 5) is 0. The summed E-state index contributed by atoms with van der Waals surface area (Å²) in [5, 5.41) is 13.8. The number of aryl methyl sites for hydroxylation is 1. The molecule has 2 heterocycles. The zero-order valence-corrected chi connectivity index (χ0v) is 16.6. The molecule has 0 bridgehead atoms. The van der Waals surface area contributed by atoms with Crippen molar-refractivity contribution in [1.82, 2.24) is 4.57 Å². The molecular weight excluding hydrogens is 320 g/mol. The second-order valence-electron chi connectivity index (χ2n) is 7.85. The van der Waals surface area contributed by atoms with E-state index in [1.165, 1.54) is 27.2 Å². The van der Waals surface area contributed by atoms with Crippen molar-refractivity contribution in [2.24, 2.45) is 7.05 Å². The molecule has 1 aromatic heterocycles. The van der Waals surface area contributed by atoms with Crippen LogP contribution in [-0.2, 0) is 7.05 Å². The molecule has 0 fully saturated rings. The van der Waals surface area contributed by atoms with Gasteiger partial charge in [-0.25, -0.2) is 0 Å². The first-order chi connectivity index (χ1) is 11.9. The Labute approximate surface area is 150 Å². The molecule has 3 aromatic rings. The molecule has 25 heavy (non-hydrogen) atoms. The largest absolute Gasteiger partial charge is 0.351 e. The van der Waals surface area contributed by atoms with E-state index >= 15 is 0 Å². The summed E-state index contributed by atoms with van der Waals surface area (Å²) in [5.41, 5.74) is 6.04. The van der Waals surface area contributed by atoms with Gasteiger partial charge in [0.1, 0.15) is 8.07 Å². The summed E-state index contributed by atoms with van der Waals surface area (Å²) in [6, 6.07) is 17.5. The Hall–Kier alpha value is -2.31. The van der Waals surface area contributed by atoms with Crippen molar-refractivity contribution in [1.29, 1.82) is 5.26 Å². The number of rotatable bonds is 2. The van der Waals surface area contributed by atoms with Crippen LogP contribution >= 0.6 is 0 Å². The van der Waals surface area contributed by atoms with Crippen molar-refractivity contribution in [3.05, 3.63) is 48.0 Å². The van der Waals surface area contributed by atoms with Crippen LogP contribution in [0.15, 0.2) is 42.5 Å². The molecule has 0 N–H and O–H groups in total. The molecule has 0 atom stereocenters. The van der Waals surface area contributed by atoms with Crippen LogP contribution in [0.4, 0.5) is 0 Å². The quantitative estimate of drug-likeness (QED) is 0.633. The second kappa shape index (κ2) is 5.34. The molecular formula is C22H24N2Si. The predicted octanol–water partition coefficient (Wildman–Crippen LogP) is 4.41. The van der Waals surface area contributed by atoms with E-state index in [1.54, 1.807) is 5.32 Å². The second-order valence-corrected chi connectivity index (χ2v) is 12.9. The van der Waals surface area contributed by atoms with Crippen molar-refractivity contribution in [2.45, 2.75) is 38.8 Å². The van der Waals surface area contributed by atoms with Gasteiger partial charge in [-0.2, -0.15) is 5.26 Å². The van der Waals surface area contributed by atoms with Crippen molar-refractivity contribution >= 4 is 29.5 Å². The number of benzene rings is 2. The maximum Gasteiger partial charge on any atom is 0.145 e. The fourth-order valence-corrected chi connectivity index (χ4v) is 11.6. The molecule has 126 valence electrons. The first-order valence-electron chi connectivity index (χ1n) is 9.07. The first kappa shape index (κ1) is 16.2. The van der Waals surface area contributed by atoms with Crippen LogP contribution in [0.5, 0.6) is 0 Å². The van der Waals surface area contributed by atoms with E-state index in [1.807, 2.05) is 6.07 Å². The van der Waals surface area contributed by atoms with E-state index in [4.69, 9.17) is 0 Å². The van der Waals surface area contributed by atoms with E-state index in [-0.39, 0.29) is 0 Å². The van der Waals surface area contributed by atoms with Crippen LogP contribution in [0.3, 0.4) is 0 Å². The van der Waals surface area contributed by atoms with E-state index < -0.39 is 8.07 Å². The number of nitrogens with zero attached hydrogens (tertiary/aromatic N) is 2. The zero-order chi connectivity index (χ0) is 17.9. The SMILES string of the molecule is CC(C)[Si]1(C(C)C)c2cc(C#N)ccc2-c2c1n(C)c1ccccc21. The van der Waals surface area contributed by atoms with Crippen LogP contribution < -0.4 is 10.5 Å². The van der Waals surface area contributed by atoms with Gasteiger partial charge in [-0.05, 0) is 40.0 Å². The fourth-order valence-electron chi connectivity index (χ4n) is 5.29. The standard InChI is InChI=1S/C22H24N2Si/c1-14(2)25(15(3)4)20-12-16(13-23)10-11-18(20)21-17-8-6-7-9-19(17)24(5)22(21)25/h6-12,14-15H,1-5H3. The average Bonchev–Trinajstić information content (AvgIpc) is 3.06. The lowest BCUT2D eigenvalue weighted by Gasteiger charge is -2.38. The third kappa shape index (κ3) is 1.83. The Balaban J connectivity index is 2.24. The molecule has 1 aliphatic rings. The molecule has 3 heteroatoms. The lowest BCUT2D eigenvalue weighted by Crippen LogP contribution is -2.62. The molecule has 0 saturated carbocycles. The van der Waals surface area contributed by atoms with Crippen LogP contribution in [0.2, 0.25) is 11.1 Å². The summed E-state index contributed by atoms with van der Waals surface area (Å²) < 4.78 is 2.45. The van der Waals surface area contributed by atoms with Crippen molar-refractivity contribution in [3.8, 4) is 17.2 Å². The highest BCUT2D eigenvalue weighted by Crippen LogP contribution is 2.44. The van der Waals surface area contributed by atoms with Gasteiger partial charge >= 0.3 is 0 Å². The van der Waals surface area contributed by atoms with Crippen molar-refractivity contribution in [2.75, 3.05) is 0 Å². The third-order valence-corrected chi connectivity index (χ3v) is 12.5. The normalized spacial score (nSPS) is 14.8. The Morgan fingerprint density at radius 1 is 1.00 bits per heavy atom. The molecule has 1 aliphatic heterocycles. The molecule has 0 amide bonds. The van der Waals surface area contributed by atoms with E-state index in [9.17, 15) is 5.26 Å². The topological polar surface area (TPSA) is 28.7 Å². The van der Waals surface area contributed by atoms with E-state index in [0.717, 1.165) is 5.56 Å². The van der Waals surface area contributed by atoms with Gasteiger partial charge in [-0.1, -0.05) is 52.0 Å². The molecule has 0 spiro atoms. The average molecular weight is 345 g/mol. The minimum atomic E-state index is -1.99. The van der Waals surface area contributed by atoms with Gasteiger partial charge in [-0.15, -0.1) is 0 Å². The maximum absolute atomic E-state index is 9.47. The van der Waals surface area contributed by atoms with Gasteiger partial charge in [0.15, 0.2) is 0 Å². The van der Waals surface area contributed by atoms with Gasteiger partial charge in [0.25, 0.3) is 0 Å². The summed E-state index contributed by atoms with van der Waals surface area (Å²) in [6.45, 7) is 9.51. The minimum Gasteiger partial charge on any atom is -0.351 e. The molecule has 2 nitrogen and oxygen atoms in total. The van der Waals surface area contributed by atoms with Gasteiger partial charge in [0.05, 0.1) is 11.6 Å². The van der Waals surface area contributed by atoms with Crippen LogP contribution in [0.25, 0.3) is 22.0 Å². The number of aromatic nitrogens is 1. The Morgan fingerprint density at radius 3 is 2.32 bits per heavy atom. The van der Waals surface area contributed by atoms with Gasteiger partial charge in [-0.3, -0.25) is 0 Å². The number of nitriles is 1. The summed E-state index contributed by atoms with van der Waals surface area (Å²) in [5.74, 6) is 0. The predicted molar refractivity (Wildman–Crippen MR) is 108 cm³/mol. The molecule has 0 radical (unpaired) electrons. The van der Waals surface area contributed by atoms with Crippen LogP contribution in [0.1, 0.15) is 33.3 Å². The molecule has 0 aliphatic carbocycles. The Morgan fingerprint density at radius 2 is 1.68 bits per heavy atom. The molecule has 2 aromatic carbocycles. The highest BCUT2D eigenvalue weighted by molar-refractivity contribution is 7.07. The van der Waals surface area contributed by atoms with Crippen molar-refractivity contribution < 1.29 is 0 Å². The third-order valence-electron chi connectivity index (χ3n) is 6.18. The zero-order valence-electron chi connectivity index (χ0n) is 15.6. The number of fused-ring (bicyclic) bond motifs is 5. The van der Waals surface area contributed by atoms with E-state index in [2.05, 4.69) is 81.8 Å². The Bertz CT molecular complexity index is 1030. The van der Waals surface area contributed by atoms with Crippen molar-refractivity contribution in [3.63, 3.8) is 0 Å². The van der Waals surface area contributed by atoms with Gasteiger partial charge < -0.3 is 4.57 Å².